The molecule has 0 radical (unpaired) electrons. The van der Waals surface area contributed by atoms with Gasteiger partial charge in [0.2, 0.25) is 15.9 Å². The Bertz CT molecular complexity index is 964. The zero-order valence-corrected chi connectivity index (χ0v) is 18.0. The molecular formula is C19H23BrN4O3S. The standard InChI is InChI=1S/C19H23BrN4O3S/c1-3-28(26,27)24-16-9-8-15(10-12(16)2)21-19(25)18-11-17(22-23-18)13-4-6-14(20)7-5-13/h4-10,17-18,22-24H,3,11H2,1-2H3,(H,21,25). The molecule has 0 aliphatic carbocycles. The molecule has 1 fully saturated rings. The third-order valence-corrected chi connectivity index (χ3v) is 6.45. The first kappa shape index (κ1) is 20.8. The first-order valence-electron chi connectivity index (χ1n) is 8.96. The van der Waals surface area contributed by atoms with E-state index in [-0.39, 0.29) is 23.7 Å². The molecule has 2 aromatic carbocycles. The van der Waals surface area contributed by atoms with Gasteiger partial charge in [-0.1, -0.05) is 28.1 Å². The lowest BCUT2D eigenvalue weighted by Crippen LogP contribution is -2.39. The third-order valence-electron chi connectivity index (χ3n) is 4.63. The summed E-state index contributed by atoms with van der Waals surface area (Å²) in [4.78, 5) is 12.6. The average molecular weight is 467 g/mol. The van der Waals surface area contributed by atoms with Crippen LogP contribution >= 0.6 is 15.9 Å². The van der Waals surface area contributed by atoms with Crippen LogP contribution in [0.1, 0.15) is 30.5 Å². The maximum Gasteiger partial charge on any atom is 0.242 e. The fraction of sp³-hybridized carbons (Fsp3) is 0.316. The minimum Gasteiger partial charge on any atom is -0.325 e. The highest BCUT2D eigenvalue weighted by molar-refractivity contribution is 9.10. The number of rotatable bonds is 6. The molecule has 2 aromatic rings. The van der Waals surface area contributed by atoms with Crippen LogP contribution in [0.3, 0.4) is 0 Å². The van der Waals surface area contributed by atoms with Crippen molar-refractivity contribution in [2.24, 2.45) is 0 Å². The van der Waals surface area contributed by atoms with Crippen molar-refractivity contribution in [3.8, 4) is 0 Å². The van der Waals surface area contributed by atoms with Crippen LogP contribution in [0.4, 0.5) is 11.4 Å². The summed E-state index contributed by atoms with van der Waals surface area (Å²) in [7, 11) is -3.34. The summed E-state index contributed by atoms with van der Waals surface area (Å²) >= 11 is 3.42. The largest absolute Gasteiger partial charge is 0.325 e. The fourth-order valence-corrected chi connectivity index (χ4v) is 3.94. The van der Waals surface area contributed by atoms with E-state index in [0.29, 0.717) is 17.8 Å². The molecule has 0 aromatic heterocycles. The average Bonchev–Trinajstić information content (AvgIpc) is 3.15. The minimum absolute atomic E-state index is 0.00477. The molecule has 7 nitrogen and oxygen atoms in total. The van der Waals surface area contributed by atoms with Crippen molar-refractivity contribution in [2.75, 3.05) is 15.8 Å². The number of hydrogen-bond acceptors (Lipinski definition) is 5. The monoisotopic (exact) mass is 466 g/mol. The lowest BCUT2D eigenvalue weighted by Gasteiger charge is -2.14. The number of carbonyl (C=O) groups excluding carboxylic acids is 1. The van der Waals surface area contributed by atoms with Crippen LogP contribution in [-0.4, -0.2) is 26.1 Å². The number of aryl methyl sites for hydroxylation is 1. The van der Waals surface area contributed by atoms with Crippen LogP contribution in [-0.2, 0) is 14.8 Å². The lowest BCUT2D eigenvalue weighted by molar-refractivity contribution is -0.117. The van der Waals surface area contributed by atoms with Crippen LogP contribution in [0.5, 0.6) is 0 Å². The number of halogens is 1. The first-order chi connectivity index (χ1) is 13.3. The molecule has 0 bridgehead atoms. The van der Waals surface area contributed by atoms with Gasteiger partial charge in [-0.3, -0.25) is 9.52 Å². The third kappa shape index (κ3) is 5.11. The molecule has 28 heavy (non-hydrogen) atoms. The number of hydrogen-bond donors (Lipinski definition) is 4. The van der Waals surface area contributed by atoms with Crippen molar-refractivity contribution < 1.29 is 13.2 Å². The van der Waals surface area contributed by atoms with Crippen LogP contribution in [0.15, 0.2) is 46.9 Å². The Balaban J connectivity index is 1.62. The molecule has 2 unspecified atom stereocenters. The van der Waals surface area contributed by atoms with E-state index in [9.17, 15) is 13.2 Å². The molecular weight excluding hydrogens is 444 g/mol. The zero-order valence-electron chi connectivity index (χ0n) is 15.6. The highest BCUT2D eigenvalue weighted by Crippen LogP contribution is 2.25. The summed E-state index contributed by atoms with van der Waals surface area (Å²) < 4.78 is 27.0. The summed E-state index contributed by atoms with van der Waals surface area (Å²) in [5.41, 5.74) is 9.17. The van der Waals surface area contributed by atoms with Crippen molar-refractivity contribution >= 4 is 43.2 Å². The summed E-state index contributed by atoms with van der Waals surface area (Å²) in [6, 6.07) is 12.8. The minimum atomic E-state index is -3.34. The Kier molecular flexibility index (Phi) is 6.39. The molecule has 1 aliphatic heterocycles. The van der Waals surface area contributed by atoms with E-state index in [1.807, 2.05) is 24.3 Å². The van der Waals surface area contributed by atoms with Crippen molar-refractivity contribution in [1.29, 1.82) is 0 Å². The summed E-state index contributed by atoms with van der Waals surface area (Å²) in [6.07, 6.45) is 0.626. The normalized spacial score (nSPS) is 19.4. The van der Waals surface area contributed by atoms with Crippen molar-refractivity contribution in [1.82, 2.24) is 10.9 Å². The highest BCUT2D eigenvalue weighted by atomic mass is 79.9. The Morgan fingerprint density at radius 1 is 1.18 bits per heavy atom. The van der Waals surface area contributed by atoms with Gasteiger partial charge in [-0.05, 0) is 61.7 Å². The van der Waals surface area contributed by atoms with Crippen LogP contribution in [0.25, 0.3) is 0 Å². The van der Waals surface area contributed by atoms with Crippen LogP contribution in [0.2, 0.25) is 0 Å². The van der Waals surface area contributed by atoms with Gasteiger partial charge in [0.1, 0.15) is 6.04 Å². The van der Waals surface area contributed by atoms with E-state index >= 15 is 0 Å². The van der Waals surface area contributed by atoms with E-state index in [1.165, 1.54) is 0 Å². The van der Waals surface area contributed by atoms with Gasteiger partial charge in [-0.15, -0.1) is 0 Å². The van der Waals surface area contributed by atoms with Gasteiger partial charge >= 0.3 is 0 Å². The van der Waals surface area contributed by atoms with Gasteiger partial charge < -0.3 is 5.32 Å². The van der Waals surface area contributed by atoms with E-state index in [4.69, 9.17) is 0 Å². The van der Waals surface area contributed by atoms with Gasteiger partial charge in [0.25, 0.3) is 0 Å². The van der Waals surface area contributed by atoms with E-state index < -0.39 is 10.0 Å². The maximum absolute atomic E-state index is 12.6. The van der Waals surface area contributed by atoms with Gasteiger partial charge in [-0.25, -0.2) is 19.3 Å². The predicted molar refractivity (Wildman–Crippen MR) is 114 cm³/mol. The number of carbonyl (C=O) groups is 1. The lowest BCUT2D eigenvalue weighted by atomic mass is 10.0. The molecule has 1 saturated heterocycles. The Labute approximate surface area is 173 Å². The topological polar surface area (TPSA) is 99.3 Å². The number of nitrogens with one attached hydrogen (secondary N) is 4. The molecule has 3 rings (SSSR count). The van der Waals surface area contributed by atoms with Crippen LogP contribution in [0, 0.1) is 6.92 Å². The Morgan fingerprint density at radius 2 is 1.89 bits per heavy atom. The molecule has 2 atom stereocenters. The van der Waals surface area contributed by atoms with Gasteiger partial charge in [0, 0.05) is 16.2 Å². The maximum atomic E-state index is 12.6. The van der Waals surface area contributed by atoms with Crippen molar-refractivity contribution in [3.63, 3.8) is 0 Å². The van der Waals surface area contributed by atoms with Crippen molar-refractivity contribution in [2.45, 2.75) is 32.4 Å². The summed E-state index contributed by atoms with van der Waals surface area (Å²) in [6.45, 7) is 3.37. The van der Waals surface area contributed by atoms with Crippen molar-refractivity contribution in [3.05, 3.63) is 58.1 Å². The number of sulfonamides is 1. The molecule has 1 heterocycles. The molecule has 1 amide bonds. The quantitative estimate of drug-likeness (QED) is 0.524. The molecule has 1 aliphatic rings. The van der Waals surface area contributed by atoms with Gasteiger partial charge in [-0.2, -0.15) is 0 Å². The second-order valence-corrected chi connectivity index (χ2v) is 9.63. The zero-order chi connectivity index (χ0) is 20.3. The Hall–Kier alpha value is -1.94. The number of benzene rings is 2. The number of amides is 1. The van der Waals surface area contributed by atoms with Gasteiger partial charge in [0.05, 0.1) is 11.4 Å². The molecule has 9 heteroatoms. The number of anilines is 2. The first-order valence-corrected chi connectivity index (χ1v) is 11.4. The summed E-state index contributed by atoms with van der Waals surface area (Å²) in [5.74, 6) is -0.140. The van der Waals surface area contributed by atoms with Gasteiger partial charge in [0.15, 0.2) is 0 Å². The second-order valence-electron chi connectivity index (χ2n) is 6.71. The smallest absolute Gasteiger partial charge is 0.242 e. The molecule has 0 saturated carbocycles. The van der Waals surface area contributed by atoms with E-state index in [1.54, 1.807) is 32.0 Å². The second kappa shape index (κ2) is 8.60. The molecule has 0 spiro atoms. The Morgan fingerprint density at radius 3 is 2.54 bits per heavy atom. The SMILES string of the molecule is CCS(=O)(=O)Nc1ccc(NC(=O)C2CC(c3ccc(Br)cc3)NN2)cc1C. The fourth-order valence-electron chi connectivity index (χ4n) is 2.97. The highest BCUT2D eigenvalue weighted by Gasteiger charge is 2.30. The number of hydrazine groups is 1. The predicted octanol–water partition coefficient (Wildman–Crippen LogP) is 3.07. The van der Waals surface area contributed by atoms with E-state index in [2.05, 4.69) is 36.8 Å². The van der Waals surface area contributed by atoms with E-state index in [0.717, 1.165) is 15.6 Å². The summed E-state index contributed by atoms with van der Waals surface area (Å²) in [5, 5.41) is 2.88. The van der Waals surface area contributed by atoms with Crippen LogP contribution < -0.4 is 20.9 Å². The molecule has 4 N–H and O–H groups in total. The molecule has 150 valence electrons.